The van der Waals surface area contributed by atoms with E-state index in [0.717, 1.165) is 34.8 Å². The molecule has 4 rings (SSSR count). The van der Waals surface area contributed by atoms with E-state index in [1.807, 2.05) is 78.9 Å². The summed E-state index contributed by atoms with van der Waals surface area (Å²) in [6.45, 7) is 2.92. The fourth-order valence-corrected chi connectivity index (χ4v) is 4.13. The van der Waals surface area contributed by atoms with Crippen LogP contribution in [0.5, 0.6) is 11.5 Å². The van der Waals surface area contributed by atoms with Crippen molar-refractivity contribution >= 4 is 29.2 Å². The SMILES string of the molecule is CCCCCCCCCOc1ccc(C(=O)Oc2cccc(C=Nc3ccc(N=Nc4ccccc4)cc3)c2)cc1. The number of hydrogen-bond acceptors (Lipinski definition) is 6. The summed E-state index contributed by atoms with van der Waals surface area (Å²) in [4.78, 5) is 17.2. The fraction of sp³-hybridized carbons (Fsp3) is 0.257. The highest BCUT2D eigenvalue weighted by molar-refractivity contribution is 5.91. The Kier molecular flexibility index (Phi) is 11.8. The maximum atomic E-state index is 12.7. The summed E-state index contributed by atoms with van der Waals surface area (Å²) in [6, 6.07) is 31.4. The minimum Gasteiger partial charge on any atom is -0.494 e. The minimum absolute atomic E-state index is 0.419. The molecule has 6 nitrogen and oxygen atoms in total. The van der Waals surface area contributed by atoms with Crippen LogP contribution < -0.4 is 9.47 Å². The zero-order chi connectivity index (χ0) is 28.5. The van der Waals surface area contributed by atoms with Crippen molar-refractivity contribution < 1.29 is 14.3 Å². The largest absolute Gasteiger partial charge is 0.494 e. The zero-order valence-electron chi connectivity index (χ0n) is 23.6. The van der Waals surface area contributed by atoms with Crippen LogP contribution in [-0.2, 0) is 0 Å². The number of carbonyl (C=O) groups excluding carboxylic acids is 1. The number of unbranched alkanes of at least 4 members (excludes halogenated alkanes) is 6. The predicted molar refractivity (Wildman–Crippen MR) is 166 cm³/mol. The first-order chi connectivity index (χ1) is 20.2. The lowest BCUT2D eigenvalue weighted by Gasteiger charge is -2.08. The molecule has 0 unspecified atom stereocenters. The molecule has 4 aromatic carbocycles. The molecule has 4 aromatic rings. The molecule has 0 spiro atoms. The summed E-state index contributed by atoms with van der Waals surface area (Å²) in [7, 11) is 0. The van der Waals surface area contributed by atoms with Crippen molar-refractivity contribution in [2.24, 2.45) is 15.2 Å². The van der Waals surface area contributed by atoms with Crippen molar-refractivity contribution in [1.82, 2.24) is 0 Å². The third kappa shape index (κ3) is 10.5. The average Bonchev–Trinajstić information content (AvgIpc) is 3.02. The van der Waals surface area contributed by atoms with E-state index in [1.54, 1.807) is 30.5 Å². The average molecular weight is 548 g/mol. The van der Waals surface area contributed by atoms with E-state index in [0.29, 0.717) is 17.9 Å². The van der Waals surface area contributed by atoms with Gasteiger partial charge in [0.2, 0.25) is 0 Å². The van der Waals surface area contributed by atoms with Crippen LogP contribution in [0.15, 0.2) is 118 Å². The molecule has 6 heteroatoms. The topological polar surface area (TPSA) is 72.6 Å². The van der Waals surface area contributed by atoms with Gasteiger partial charge in [0, 0.05) is 6.21 Å². The fourth-order valence-electron chi connectivity index (χ4n) is 4.13. The highest BCUT2D eigenvalue weighted by atomic mass is 16.5. The number of benzene rings is 4. The molecule has 0 aromatic heterocycles. The van der Waals surface area contributed by atoms with E-state index in [1.165, 1.54) is 38.5 Å². The number of esters is 1. The predicted octanol–water partition coefficient (Wildman–Crippen LogP) is 10.2. The molecular formula is C35H37N3O3. The molecule has 0 bridgehead atoms. The van der Waals surface area contributed by atoms with Crippen molar-refractivity contribution in [3.63, 3.8) is 0 Å². The maximum Gasteiger partial charge on any atom is 0.343 e. The quantitative estimate of drug-likeness (QED) is 0.0488. The molecule has 0 atom stereocenters. The van der Waals surface area contributed by atoms with E-state index in [-0.39, 0.29) is 0 Å². The number of rotatable bonds is 15. The normalized spacial score (nSPS) is 11.2. The number of ether oxygens (including phenoxy) is 2. The van der Waals surface area contributed by atoms with Crippen molar-refractivity contribution in [3.05, 3.63) is 114 Å². The third-order valence-electron chi connectivity index (χ3n) is 6.42. The maximum absolute atomic E-state index is 12.7. The second-order valence-corrected chi connectivity index (χ2v) is 9.77. The molecule has 0 saturated carbocycles. The molecule has 210 valence electrons. The summed E-state index contributed by atoms with van der Waals surface area (Å²) >= 11 is 0. The van der Waals surface area contributed by atoms with E-state index >= 15 is 0 Å². The van der Waals surface area contributed by atoms with Gasteiger partial charge < -0.3 is 9.47 Å². The molecule has 0 saturated heterocycles. The van der Waals surface area contributed by atoms with Crippen molar-refractivity contribution in [2.75, 3.05) is 6.61 Å². The van der Waals surface area contributed by atoms with Gasteiger partial charge in [-0.05, 0) is 84.8 Å². The standard InChI is InChI=1S/C35H37N3O3/c1-2-3-4-5-6-7-11-25-40-33-23-17-29(18-24-33)35(39)41-34-16-12-13-28(26-34)27-36-30-19-21-32(22-20-30)38-37-31-14-9-8-10-15-31/h8-10,12-24,26-27H,2-7,11,25H2,1H3. The number of aliphatic imine (C=N–C) groups is 1. The van der Waals surface area contributed by atoms with E-state index < -0.39 is 5.97 Å². The minimum atomic E-state index is -0.419. The van der Waals surface area contributed by atoms with Gasteiger partial charge in [-0.1, -0.05) is 75.8 Å². The summed E-state index contributed by atoms with van der Waals surface area (Å²) in [5, 5.41) is 8.48. The Morgan fingerprint density at radius 2 is 1.32 bits per heavy atom. The van der Waals surface area contributed by atoms with E-state index in [2.05, 4.69) is 22.1 Å². The second-order valence-electron chi connectivity index (χ2n) is 9.77. The van der Waals surface area contributed by atoms with Crippen LogP contribution in [0.4, 0.5) is 17.1 Å². The molecule has 0 radical (unpaired) electrons. The van der Waals surface area contributed by atoms with Crippen LogP contribution in [0.1, 0.15) is 67.8 Å². The Labute approximate surface area is 242 Å². The number of carbonyl (C=O) groups is 1. The Morgan fingerprint density at radius 1 is 0.659 bits per heavy atom. The second kappa shape index (κ2) is 16.5. The van der Waals surface area contributed by atoms with Crippen LogP contribution in [0.25, 0.3) is 0 Å². The van der Waals surface area contributed by atoms with Gasteiger partial charge in [0.05, 0.1) is 29.2 Å². The molecule has 41 heavy (non-hydrogen) atoms. The number of nitrogens with zero attached hydrogens (tertiary/aromatic N) is 3. The van der Waals surface area contributed by atoms with Crippen LogP contribution in [0.2, 0.25) is 0 Å². The van der Waals surface area contributed by atoms with Gasteiger partial charge >= 0.3 is 5.97 Å². The molecule has 0 fully saturated rings. The smallest absolute Gasteiger partial charge is 0.343 e. The Hall–Kier alpha value is -4.58. The summed E-state index contributed by atoms with van der Waals surface area (Å²) in [5.74, 6) is 0.797. The Balaban J connectivity index is 1.23. The van der Waals surface area contributed by atoms with Crippen molar-refractivity contribution in [2.45, 2.75) is 51.9 Å². The van der Waals surface area contributed by atoms with E-state index in [4.69, 9.17) is 9.47 Å². The molecule has 0 aliphatic heterocycles. The van der Waals surface area contributed by atoms with Crippen molar-refractivity contribution in [3.8, 4) is 11.5 Å². The van der Waals surface area contributed by atoms with Gasteiger partial charge in [-0.15, -0.1) is 0 Å². The molecule has 0 N–H and O–H groups in total. The lowest BCUT2D eigenvalue weighted by molar-refractivity contribution is 0.0734. The van der Waals surface area contributed by atoms with Gasteiger partial charge in [-0.2, -0.15) is 10.2 Å². The molecular weight excluding hydrogens is 510 g/mol. The zero-order valence-corrected chi connectivity index (χ0v) is 23.6. The van der Waals surface area contributed by atoms with Crippen molar-refractivity contribution in [1.29, 1.82) is 0 Å². The lowest BCUT2D eigenvalue weighted by atomic mass is 10.1. The summed E-state index contributed by atoms with van der Waals surface area (Å²) in [5.41, 5.74) is 3.61. The first-order valence-electron chi connectivity index (χ1n) is 14.4. The number of hydrogen-bond donors (Lipinski definition) is 0. The van der Waals surface area contributed by atoms with Crippen LogP contribution in [0.3, 0.4) is 0 Å². The first-order valence-corrected chi connectivity index (χ1v) is 14.4. The lowest BCUT2D eigenvalue weighted by Crippen LogP contribution is -2.08. The van der Waals surface area contributed by atoms with Gasteiger partial charge in [0.25, 0.3) is 0 Å². The highest BCUT2D eigenvalue weighted by Crippen LogP contribution is 2.22. The Bertz CT molecular complexity index is 1400. The van der Waals surface area contributed by atoms with Gasteiger partial charge in [0.1, 0.15) is 11.5 Å². The molecule has 0 heterocycles. The van der Waals surface area contributed by atoms with Crippen LogP contribution >= 0.6 is 0 Å². The third-order valence-corrected chi connectivity index (χ3v) is 6.42. The monoisotopic (exact) mass is 547 g/mol. The van der Waals surface area contributed by atoms with Crippen LogP contribution in [-0.4, -0.2) is 18.8 Å². The summed E-state index contributed by atoms with van der Waals surface area (Å²) in [6.07, 6.45) is 10.4. The highest BCUT2D eigenvalue weighted by Gasteiger charge is 2.09. The molecule has 0 aliphatic rings. The number of azo groups is 1. The first kappa shape index (κ1) is 29.4. The Morgan fingerprint density at radius 3 is 2.05 bits per heavy atom. The van der Waals surface area contributed by atoms with Gasteiger partial charge in [-0.25, -0.2) is 4.79 Å². The van der Waals surface area contributed by atoms with Crippen LogP contribution in [0, 0.1) is 0 Å². The van der Waals surface area contributed by atoms with Gasteiger partial charge in [-0.3, -0.25) is 4.99 Å². The van der Waals surface area contributed by atoms with Gasteiger partial charge in [0.15, 0.2) is 0 Å². The van der Waals surface area contributed by atoms with E-state index in [9.17, 15) is 4.79 Å². The molecule has 0 amide bonds. The summed E-state index contributed by atoms with van der Waals surface area (Å²) < 4.78 is 11.4. The molecule has 0 aliphatic carbocycles.